The Morgan fingerprint density at radius 3 is 2.71 bits per heavy atom. The minimum absolute atomic E-state index is 0.111. The Morgan fingerprint density at radius 2 is 1.88 bits per heavy atom. The molecule has 1 aromatic carbocycles. The average Bonchev–Trinajstić information content (AvgIpc) is 2.62. The molecule has 126 valence electrons. The van der Waals surface area contributed by atoms with E-state index >= 15 is 0 Å². The van der Waals surface area contributed by atoms with Gasteiger partial charge in [0.15, 0.2) is 0 Å². The van der Waals surface area contributed by atoms with E-state index in [0.29, 0.717) is 12.1 Å². The molecule has 1 fully saturated rings. The summed E-state index contributed by atoms with van der Waals surface area (Å²) < 4.78 is 27.5. The minimum Gasteiger partial charge on any atom is -0.292 e. The van der Waals surface area contributed by atoms with Gasteiger partial charge in [0.25, 0.3) is 0 Å². The Kier molecular flexibility index (Phi) is 5.46. The van der Waals surface area contributed by atoms with E-state index in [1.807, 2.05) is 12.1 Å². The quantitative estimate of drug-likeness (QED) is 0.863. The third-order valence-corrected chi connectivity index (χ3v) is 5.54. The van der Waals surface area contributed by atoms with E-state index in [2.05, 4.69) is 26.4 Å². The summed E-state index contributed by atoms with van der Waals surface area (Å²) in [6.07, 6.45) is 5.34. The zero-order valence-corrected chi connectivity index (χ0v) is 14.3. The monoisotopic (exact) mass is 343 g/mol. The normalized spacial score (nSPS) is 15.8. The van der Waals surface area contributed by atoms with Crippen LogP contribution in [0.2, 0.25) is 0 Å². The second-order valence-electron chi connectivity index (χ2n) is 5.85. The van der Waals surface area contributed by atoms with E-state index in [1.54, 1.807) is 24.4 Å². The van der Waals surface area contributed by atoms with Gasteiger partial charge in [0.1, 0.15) is 4.90 Å². The van der Waals surface area contributed by atoms with Crippen LogP contribution in [0.5, 0.6) is 0 Å². The number of pyridine rings is 1. The standard InChI is InChI=1S/C18H21N3O2S/c22-24(23,17-10-6-8-16-9-7-11-19-18(16)17)20-12-2-5-15-21-13-3-1-4-14-21/h6-11,20H,1,3-4,12-15H2. The van der Waals surface area contributed by atoms with Crippen LogP contribution in [0.1, 0.15) is 19.3 Å². The molecule has 3 rings (SSSR count). The van der Waals surface area contributed by atoms with Gasteiger partial charge in [0, 0.05) is 11.6 Å². The third-order valence-electron chi connectivity index (χ3n) is 4.11. The van der Waals surface area contributed by atoms with Crippen LogP contribution in [0.3, 0.4) is 0 Å². The van der Waals surface area contributed by atoms with Crippen molar-refractivity contribution in [3.63, 3.8) is 0 Å². The summed E-state index contributed by atoms with van der Waals surface area (Å²) >= 11 is 0. The Balaban J connectivity index is 1.64. The van der Waals surface area contributed by atoms with E-state index in [0.717, 1.165) is 18.5 Å². The van der Waals surface area contributed by atoms with Gasteiger partial charge in [-0.05, 0) is 38.1 Å². The van der Waals surface area contributed by atoms with Crippen LogP contribution in [0.25, 0.3) is 10.9 Å². The molecule has 0 unspecified atom stereocenters. The molecule has 5 nitrogen and oxygen atoms in total. The fraction of sp³-hybridized carbons (Fsp3) is 0.389. The number of fused-ring (bicyclic) bond motifs is 1. The van der Waals surface area contributed by atoms with Gasteiger partial charge in [-0.1, -0.05) is 36.5 Å². The lowest BCUT2D eigenvalue weighted by molar-refractivity contribution is 0.255. The summed E-state index contributed by atoms with van der Waals surface area (Å²) in [4.78, 5) is 6.69. The molecule has 6 heteroatoms. The number of para-hydroxylation sites is 1. The topological polar surface area (TPSA) is 62.3 Å². The van der Waals surface area contributed by atoms with Gasteiger partial charge in [-0.15, -0.1) is 0 Å². The zero-order chi connectivity index (χ0) is 16.8. The first kappa shape index (κ1) is 16.9. The Hall–Kier alpha value is -1.94. The van der Waals surface area contributed by atoms with Crippen molar-refractivity contribution < 1.29 is 8.42 Å². The predicted octanol–water partition coefficient (Wildman–Crippen LogP) is 2.00. The largest absolute Gasteiger partial charge is 0.292 e. The molecule has 1 aromatic heterocycles. The average molecular weight is 343 g/mol. The van der Waals surface area contributed by atoms with Crippen LogP contribution in [0.4, 0.5) is 0 Å². The number of hydrogen-bond acceptors (Lipinski definition) is 4. The number of aromatic nitrogens is 1. The first-order chi connectivity index (χ1) is 11.7. The molecule has 0 radical (unpaired) electrons. The van der Waals surface area contributed by atoms with E-state index in [4.69, 9.17) is 0 Å². The van der Waals surface area contributed by atoms with Crippen LogP contribution >= 0.6 is 0 Å². The highest BCUT2D eigenvalue weighted by Crippen LogP contribution is 2.20. The van der Waals surface area contributed by atoms with Gasteiger partial charge in [0.05, 0.1) is 18.6 Å². The van der Waals surface area contributed by atoms with Crippen LogP contribution in [0, 0.1) is 11.8 Å². The molecule has 24 heavy (non-hydrogen) atoms. The van der Waals surface area contributed by atoms with Crippen molar-refractivity contribution in [1.82, 2.24) is 14.6 Å². The maximum atomic E-state index is 12.5. The lowest BCUT2D eigenvalue weighted by Gasteiger charge is -2.23. The van der Waals surface area contributed by atoms with Gasteiger partial charge in [-0.3, -0.25) is 9.88 Å². The summed E-state index contributed by atoms with van der Waals surface area (Å²) in [5.74, 6) is 5.95. The van der Waals surface area contributed by atoms with Gasteiger partial charge in [-0.25, -0.2) is 8.42 Å². The summed E-state index contributed by atoms with van der Waals surface area (Å²) in [6, 6.07) is 8.78. The van der Waals surface area contributed by atoms with Crippen molar-refractivity contribution in [2.45, 2.75) is 24.2 Å². The number of nitrogens with one attached hydrogen (secondary N) is 1. The first-order valence-electron chi connectivity index (χ1n) is 8.18. The molecule has 0 atom stereocenters. The van der Waals surface area contributed by atoms with E-state index in [1.165, 1.54) is 19.3 Å². The smallest absolute Gasteiger partial charge is 0.243 e. The molecule has 1 aliphatic heterocycles. The van der Waals surface area contributed by atoms with Crippen molar-refractivity contribution in [2.24, 2.45) is 0 Å². The highest BCUT2D eigenvalue weighted by atomic mass is 32.2. The number of likely N-dealkylation sites (tertiary alicyclic amines) is 1. The van der Waals surface area contributed by atoms with Gasteiger partial charge in [-0.2, -0.15) is 4.72 Å². The van der Waals surface area contributed by atoms with E-state index in [9.17, 15) is 8.42 Å². The fourth-order valence-corrected chi connectivity index (χ4v) is 3.95. The third kappa shape index (κ3) is 4.12. The molecule has 0 bridgehead atoms. The molecular formula is C18H21N3O2S. The van der Waals surface area contributed by atoms with Gasteiger partial charge in [0.2, 0.25) is 10.0 Å². The maximum absolute atomic E-state index is 12.5. The molecular weight excluding hydrogens is 322 g/mol. The molecule has 1 N–H and O–H groups in total. The highest BCUT2D eigenvalue weighted by molar-refractivity contribution is 7.89. The minimum atomic E-state index is -3.62. The summed E-state index contributed by atoms with van der Waals surface area (Å²) in [5, 5.41) is 0.802. The number of sulfonamides is 1. The molecule has 0 aliphatic carbocycles. The van der Waals surface area contributed by atoms with Crippen LogP contribution in [0.15, 0.2) is 41.4 Å². The first-order valence-corrected chi connectivity index (χ1v) is 9.67. The van der Waals surface area contributed by atoms with Crippen molar-refractivity contribution >= 4 is 20.9 Å². The molecule has 2 heterocycles. The lowest BCUT2D eigenvalue weighted by atomic mass is 10.1. The summed E-state index contributed by atoms with van der Waals surface area (Å²) in [6.45, 7) is 2.99. The second kappa shape index (κ2) is 7.75. The van der Waals surface area contributed by atoms with Gasteiger partial charge >= 0.3 is 0 Å². The SMILES string of the molecule is O=S(=O)(NCC#CCN1CCCCC1)c1cccc2cccnc12. The Labute approximate surface area is 143 Å². The Morgan fingerprint density at radius 1 is 1.08 bits per heavy atom. The number of piperidine rings is 1. The number of nitrogens with zero attached hydrogens (tertiary/aromatic N) is 2. The van der Waals surface area contributed by atoms with Crippen molar-refractivity contribution in [3.05, 3.63) is 36.5 Å². The summed E-state index contributed by atoms with van der Waals surface area (Å²) in [7, 11) is -3.62. The second-order valence-corrected chi connectivity index (χ2v) is 7.58. The van der Waals surface area contributed by atoms with E-state index < -0.39 is 10.0 Å². The van der Waals surface area contributed by atoms with Crippen molar-refractivity contribution in [3.8, 4) is 11.8 Å². The van der Waals surface area contributed by atoms with Gasteiger partial charge < -0.3 is 0 Å². The predicted molar refractivity (Wildman–Crippen MR) is 95.0 cm³/mol. The molecule has 1 aliphatic rings. The number of benzene rings is 1. The number of hydrogen-bond donors (Lipinski definition) is 1. The van der Waals surface area contributed by atoms with Crippen LogP contribution in [-0.4, -0.2) is 44.5 Å². The fourth-order valence-electron chi connectivity index (χ4n) is 2.85. The van der Waals surface area contributed by atoms with Crippen LogP contribution in [-0.2, 0) is 10.0 Å². The van der Waals surface area contributed by atoms with Crippen molar-refractivity contribution in [2.75, 3.05) is 26.2 Å². The molecule has 0 spiro atoms. The van der Waals surface area contributed by atoms with Crippen LogP contribution < -0.4 is 4.72 Å². The zero-order valence-electron chi connectivity index (χ0n) is 13.5. The maximum Gasteiger partial charge on any atom is 0.243 e. The lowest BCUT2D eigenvalue weighted by Crippen LogP contribution is -2.30. The van der Waals surface area contributed by atoms with E-state index in [-0.39, 0.29) is 11.4 Å². The molecule has 1 saturated heterocycles. The number of rotatable bonds is 4. The molecule has 0 saturated carbocycles. The molecule has 2 aromatic rings. The summed E-state index contributed by atoms with van der Waals surface area (Å²) in [5.41, 5.74) is 0.480. The highest BCUT2D eigenvalue weighted by Gasteiger charge is 2.17. The molecule has 0 amide bonds. The van der Waals surface area contributed by atoms with Crippen molar-refractivity contribution in [1.29, 1.82) is 0 Å². The Bertz CT molecular complexity index is 857.